The first-order valence-corrected chi connectivity index (χ1v) is 7.28. The standard InChI is InChI=1S/C14H17N3O6/c15-13(20)22-5-7-11-9(1-6(4-18)2-10(11)19)17-3-8-12(16-8)14(7,21)23-17/h1-2,7-8,12,16,18-19,21H,3-5H2,(H2,15,20)/t7-,8-,12-,14+/m0/s1. The third kappa shape index (κ3) is 2.05. The summed E-state index contributed by atoms with van der Waals surface area (Å²) in [6, 6.07) is 2.82. The highest BCUT2D eigenvalue weighted by Crippen LogP contribution is 2.53. The van der Waals surface area contributed by atoms with Gasteiger partial charge in [0.2, 0.25) is 5.79 Å². The zero-order valence-electron chi connectivity index (χ0n) is 12.1. The number of aromatic hydroxyl groups is 1. The molecule has 0 aromatic heterocycles. The number of phenols is 1. The average Bonchev–Trinajstić information content (AvgIpc) is 3.27. The Kier molecular flexibility index (Phi) is 2.97. The molecule has 0 saturated carbocycles. The number of hydrogen-bond donors (Lipinski definition) is 5. The maximum atomic E-state index is 11.0. The highest BCUT2D eigenvalue weighted by molar-refractivity contribution is 5.67. The number of carbonyl (C=O) groups excluding carboxylic acids is 1. The van der Waals surface area contributed by atoms with E-state index >= 15 is 0 Å². The molecule has 3 aliphatic rings. The van der Waals surface area contributed by atoms with Gasteiger partial charge >= 0.3 is 6.09 Å². The van der Waals surface area contributed by atoms with E-state index in [0.29, 0.717) is 23.4 Å². The van der Waals surface area contributed by atoms with E-state index in [-0.39, 0.29) is 31.0 Å². The van der Waals surface area contributed by atoms with Crippen molar-refractivity contribution in [3.05, 3.63) is 23.3 Å². The quantitative estimate of drug-likeness (QED) is 0.438. The first kappa shape index (κ1) is 14.5. The predicted molar refractivity (Wildman–Crippen MR) is 76.4 cm³/mol. The van der Waals surface area contributed by atoms with E-state index in [9.17, 15) is 20.1 Å². The Morgan fingerprint density at radius 1 is 1.57 bits per heavy atom. The van der Waals surface area contributed by atoms with Crippen LogP contribution in [0.4, 0.5) is 10.5 Å². The lowest BCUT2D eigenvalue weighted by Crippen LogP contribution is -2.59. The number of fused-ring (bicyclic) bond motifs is 6. The Morgan fingerprint density at radius 3 is 3.04 bits per heavy atom. The summed E-state index contributed by atoms with van der Waals surface area (Å²) in [6.45, 7) is 0.0208. The number of nitrogens with one attached hydrogen (secondary N) is 1. The summed E-state index contributed by atoms with van der Waals surface area (Å²) < 4.78 is 4.87. The molecule has 2 bridgehead atoms. The highest BCUT2D eigenvalue weighted by atomic mass is 16.8. The van der Waals surface area contributed by atoms with E-state index in [1.54, 1.807) is 6.07 Å². The van der Waals surface area contributed by atoms with Crippen molar-refractivity contribution in [3.8, 4) is 5.75 Å². The van der Waals surface area contributed by atoms with Crippen LogP contribution in [0.3, 0.4) is 0 Å². The van der Waals surface area contributed by atoms with Gasteiger partial charge in [-0.25, -0.2) is 14.7 Å². The van der Waals surface area contributed by atoms with Gasteiger partial charge in [0.15, 0.2) is 0 Å². The summed E-state index contributed by atoms with van der Waals surface area (Å²) >= 11 is 0. The Hall–Kier alpha value is -2.07. The maximum absolute atomic E-state index is 11.0. The summed E-state index contributed by atoms with van der Waals surface area (Å²) in [6.07, 6.45) is -0.972. The molecule has 4 atom stereocenters. The van der Waals surface area contributed by atoms with Crippen LogP contribution >= 0.6 is 0 Å². The number of benzene rings is 1. The van der Waals surface area contributed by atoms with Gasteiger partial charge in [0.05, 0.1) is 30.8 Å². The van der Waals surface area contributed by atoms with Gasteiger partial charge in [0, 0.05) is 11.6 Å². The number of anilines is 1. The molecule has 9 heteroatoms. The van der Waals surface area contributed by atoms with Crippen molar-refractivity contribution >= 4 is 11.8 Å². The molecule has 0 spiro atoms. The molecule has 124 valence electrons. The molecule has 23 heavy (non-hydrogen) atoms. The van der Waals surface area contributed by atoms with Crippen LogP contribution in [0, 0.1) is 0 Å². The fraction of sp³-hybridized carbons (Fsp3) is 0.500. The van der Waals surface area contributed by atoms with Gasteiger partial charge < -0.3 is 31.1 Å². The van der Waals surface area contributed by atoms with Crippen LogP contribution < -0.4 is 16.1 Å². The third-order valence-corrected chi connectivity index (χ3v) is 4.64. The number of nitrogens with two attached hydrogens (primary N) is 1. The molecule has 3 aliphatic heterocycles. The molecule has 1 amide bonds. The minimum atomic E-state index is -1.65. The summed E-state index contributed by atoms with van der Waals surface area (Å²) in [7, 11) is 0. The summed E-state index contributed by atoms with van der Waals surface area (Å²) in [4.78, 5) is 16.7. The van der Waals surface area contributed by atoms with E-state index in [4.69, 9.17) is 15.3 Å². The van der Waals surface area contributed by atoms with Gasteiger partial charge in [-0.05, 0) is 17.7 Å². The molecule has 9 nitrogen and oxygen atoms in total. The topological polar surface area (TPSA) is 147 Å². The lowest BCUT2D eigenvalue weighted by atomic mass is 9.82. The minimum absolute atomic E-state index is 0.0397. The number of aliphatic hydroxyl groups is 2. The summed E-state index contributed by atoms with van der Waals surface area (Å²) in [5, 5.41) is 35.3. The number of hydroxylamine groups is 1. The maximum Gasteiger partial charge on any atom is 0.404 e. The second kappa shape index (κ2) is 4.71. The highest BCUT2D eigenvalue weighted by Gasteiger charge is 2.65. The molecule has 3 heterocycles. The van der Waals surface area contributed by atoms with Gasteiger partial charge in [0.25, 0.3) is 0 Å². The molecule has 2 saturated heterocycles. The molecule has 4 rings (SSSR count). The number of rotatable bonds is 3. The molecule has 1 aromatic rings. The van der Waals surface area contributed by atoms with Gasteiger partial charge in [-0.15, -0.1) is 0 Å². The average molecular weight is 323 g/mol. The molecule has 0 unspecified atom stereocenters. The van der Waals surface area contributed by atoms with E-state index in [1.807, 2.05) is 0 Å². The second-order valence-electron chi connectivity index (χ2n) is 6.04. The molecule has 0 radical (unpaired) electrons. The van der Waals surface area contributed by atoms with Crippen LogP contribution in [0.5, 0.6) is 5.75 Å². The molecule has 1 aromatic carbocycles. The van der Waals surface area contributed by atoms with Gasteiger partial charge in [-0.1, -0.05) is 0 Å². The van der Waals surface area contributed by atoms with Crippen molar-refractivity contribution in [2.75, 3.05) is 18.2 Å². The Bertz CT molecular complexity index is 683. The molecule has 6 N–H and O–H groups in total. The predicted octanol–water partition coefficient (Wildman–Crippen LogP) is -1.14. The van der Waals surface area contributed by atoms with E-state index in [1.165, 1.54) is 11.1 Å². The minimum Gasteiger partial charge on any atom is -0.508 e. The van der Waals surface area contributed by atoms with Crippen LogP contribution in [-0.2, 0) is 16.2 Å². The first-order valence-electron chi connectivity index (χ1n) is 7.28. The number of amides is 1. The van der Waals surface area contributed by atoms with E-state index < -0.39 is 17.8 Å². The zero-order chi connectivity index (χ0) is 16.4. The number of phenolic OH excluding ortho intramolecular Hbond substituents is 1. The van der Waals surface area contributed by atoms with Crippen LogP contribution in [0.1, 0.15) is 17.0 Å². The lowest BCUT2D eigenvalue weighted by molar-refractivity contribution is -0.247. The number of nitrogens with zero attached hydrogens (tertiary/aromatic N) is 1. The fourth-order valence-corrected chi connectivity index (χ4v) is 3.53. The van der Waals surface area contributed by atoms with Gasteiger partial charge in [-0.3, -0.25) is 0 Å². The van der Waals surface area contributed by atoms with Crippen molar-refractivity contribution in [1.82, 2.24) is 5.32 Å². The number of primary amides is 1. The number of carbonyl (C=O) groups is 1. The molecular weight excluding hydrogens is 306 g/mol. The smallest absolute Gasteiger partial charge is 0.404 e. The lowest BCUT2D eigenvalue weighted by Gasteiger charge is -2.47. The first-order chi connectivity index (χ1) is 10.9. The fourth-order valence-electron chi connectivity index (χ4n) is 3.53. The summed E-state index contributed by atoms with van der Waals surface area (Å²) in [5.74, 6) is -2.56. The Morgan fingerprint density at radius 2 is 2.35 bits per heavy atom. The Balaban J connectivity index is 1.83. The monoisotopic (exact) mass is 323 g/mol. The Labute approximate surface area is 131 Å². The van der Waals surface area contributed by atoms with Crippen LogP contribution in [-0.4, -0.2) is 52.4 Å². The molecule has 0 aliphatic carbocycles. The van der Waals surface area contributed by atoms with E-state index in [0.717, 1.165) is 0 Å². The molecule has 2 fully saturated rings. The van der Waals surface area contributed by atoms with Crippen molar-refractivity contribution in [2.45, 2.75) is 30.4 Å². The normalized spacial score (nSPS) is 33.7. The van der Waals surface area contributed by atoms with Crippen LogP contribution in [0.2, 0.25) is 0 Å². The number of hydrogen-bond acceptors (Lipinski definition) is 8. The zero-order valence-corrected chi connectivity index (χ0v) is 12.1. The van der Waals surface area contributed by atoms with Crippen molar-refractivity contribution in [1.29, 1.82) is 0 Å². The number of aliphatic hydroxyl groups excluding tert-OH is 1. The van der Waals surface area contributed by atoms with Gasteiger partial charge in [0.1, 0.15) is 12.4 Å². The number of ether oxygens (including phenoxy) is 1. The van der Waals surface area contributed by atoms with E-state index in [2.05, 4.69) is 5.32 Å². The molecular formula is C14H17N3O6. The van der Waals surface area contributed by atoms with Crippen molar-refractivity contribution in [2.24, 2.45) is 5.73 Å². The van der Waals surface area contributed by atoms with Gasteiger partial charge in [-0.2, -0.15) is 0 Å². The SMILES string of the molecule is NC(=O)OC[C@H]1c2c(O)cc(CO)cc2N2C[C@@H]3N[C@@H]3[C@]1(O)O2. The van der Waals surface area contributed by atoms with Crippen LogP contribution in [0.15, 0.2) is 12.1 Å². The van der Waals surface area contributed by atoms with Crippen LogP contribution in [0.25, 0.3) is 0 Å². The van der Waals surface area contributed by atoms with Crippen molar-refractivity contribution < 1.29 is 29.7 Å². The summed E-state index contributed by atoms with van der Waals surface area (Å²) in [5.41, 5.74) is 6.47. The van der Waals surface area contributed by atoms with Crippen molar-refractivity contribution in [3.63, 3.8) is 0 Å². The largest absolute Gasteiger partial charge is 0.508 e. The second-order valence-corrected chi connectivity index (χ2v) is 6.04. The third-order valence-electron chi connectivity index (χ3n) is 4.64.